The fourth-order valence-corrected chi connectivity index (χ4v) is 20.5. The summed E-state index contributed by atoms with van der Waals surface area (Å²) in [5.41, 5.74) is 0. The van der Waals surface area contributed by atoms with E-state index < -0.39 is 39.2 Å². The van der Waals surface area contributed by atoms with E-state index in [2.05, 4.69) is 13.8 Å². The molecule has 0 unspecified atom stereocenters. The van der Waals surface area contributed by atoms with Gasteiger partial charge in [-0.1, -0.05) is 0 Å². The van der Waals surface area contributed by atoms with Crippen LogP contribution in [-0.2, 0) is 0 Å². The molecule has 3 aromatic carbocycles. The number of para-hydroxylation sites is 6. The van der Waals surface area contributed by atoms with Crippen molar-refractivity contribution in [3.05, 3.63) is 72.8 Å². The topological polar surface area (TPSA) is 55.4 Å². The monoisotopic (exact) mass is 790 g/mol. The van der Waals surface area contributed by atoms with Crippen LogP contribution < -0.4 is 18.4 Å². The Balaban J connectivity index is 1.33. The fraction of sp³-hybridized carbons (Fsp3) is 0.471. The van der Waals surface area contributed by atoms with Crippen LogP contribution in [0.25, 0.3) is 0 Å². The molecule has 2 aliphatic rings. The summed E-state index contributed by atoms with van der Waals surface area (Å²) in [6, 6.07) is 23.7. The predicted molar refractivity (Wildman–Crippen MR) is 171 cm³/mol. The number of hydrogen-bond acceptors (Lipinski definition) is 6. The summed E-state index contributed by atoms with van der Waals surface area (Å²) in [7, 11) is 0. The average Bonchev–Trinajstić information content (AvgIpc) is 3.55. The number of unbranched alkanes of at least 4 members (excludes halogenated alkanes) is 10. The van der Waals surface area contributed by atoms with Gasteiger partial charge < -0.3 is 0 Å². The fourth-order valence-electron chi connectivity index (χ4n) is 5.54. The van der Waals surface area contributed by atoms with Gasteiger partial charge in [-0.2, -0.15) is 0 Å². The molecule has 0 aliphatic carbocycles. The Bertz CT molecular complexity index is 1120. The van der Waals surface area contributed by atoms with Crippen molar-refractivity contribution < 1.29 is 18.4 Å². The molecular formula is C34H46O6Sn2. The number of hydrogen-bond donors (Lipinski definition) is 0. The van der Waals surface area contributed by atoms with Gasteiger partial charge in [0.1, 0.15) is 0 Å². The molecule has 0 atom stereocenters. The van der Waals surface area contributed by atoms with Crippen LogP contribution in [0.2, 0.25) is 8.87 Å². The molecule has 8 heteroatoms. The van der Waals surface area contributed by atoms with Crippen LogP contribution in [0, 0.1) is 0 Å². The van der Waals surface area contributed by atoms with E-state index in [0.717, 1.165) is 57.6 Å². The molecule has 3 aromatic rings. The van der Waals surface area contributed by atoms with E-state index in [-0.39, 0.29) is 0 Å². The molecule has 0 bridgehead atoms. The minimum absolute atomic E-state index is 0.661. The maximum absolute atomic E-state index is 6.87. The van der Waals surface area contributed by atoms with E-state index in [0.29, 0.717) is 11.5 Å². The first-order chi connectivity index (χ1) is 20.6. The van der Waals surface area contributed by atoms with Crippen molar-refractivity contribution in [1.29, 1.82) is 0 Å². The second-order valence-electron chi connectivity index (χ2n) is 11.4. The van der Waals surface area contributed by atoms with Crippen molar-refractivity contribution in [2.24, 2.45) is 0 Å². The van der Waals surface area contributed by atoms with Gasteiger partial charge in [-0.05, 0) is 0 Å². The molecule has 5 rings (SSSR count). The molecule has 0 saturated carbocycles. The molecule has 0 N–H and O–H groups in total. The Morgan fingerprint density at radius 3 is 1.10 bits per heavy atom. The minimum atomic E-state index is -4.05. The molecule has 0 amide bonds. The zero-order chi connectivity index (χ0) is 29.1. The van der Waals surface area contributed by atoms with Gasteiger partial charge in [0, 0.05) is 0 Å². The molecule has 6 nitrogen and oxygen atoms in total. The van der Waals surface area contributed by atoms with Gasteiger partial charge in [0.25, 0.3) is 0 Å². The summed E-state index contributed by atoms with van der Waals surface area (Å²) in [5, 5.41) is 0. The van der Waals surface area contributed by atoms with Crippen molar-refractivity contribution in [2.45, 2.75) is 99.8 Å². The van der Waals surface area contributed by atoms with Gasteiger partial charge in [-0.15, -0.1) is 0 Å². The SMILES string of the molecule is CCCCCCC[CH2][Sn]1([O]c2ccccc2[O][Sn]2([CH2]CCCCCCC)[O]c3ccccc3[O]2)[O]c2ccccc2[O]1. The first kappa shape index (κ1) is 31.5. The zero-order valence-electron chi connectivity index (χ0n) is 25.3. The van der Waals surface area contributed by atoms with Crippen molar-refractivity contribution in [1.82, 2.24) is 0 Å². The Kier molecular flexibility index (Phi) is 11.8. The van der Waals surface area contributed by atoms with E-state index in [1.165, 1.54) is 51.4 Å². The van der Waals surface area contributed by atoms with Crippen molar-refractivity contribution in [2.75, 3.05) is 0 Å². The standard InChI is InChI=1S/2C8H17.3C6H6O2.2Sn/c2*1-3-5-7-8-6-4-2;3*7-5-3-1-2-4-6(5)8;;/h2*1,3-8H2,2H3;3*1-4,7-8H;;/q;;;;;2*+3/p-6. The van der Waals surface area contributed by atoms with Gasteiger partial charge >= 0.3 is 265 Å². The third-order valence-corrected chi connectivity index (χ3v) is 22.4. The van der Waals surface area contributed by atoms with Crippen molar-refractivity contribution in [3.8, 4) is 34.5 Å². The first-order valence-corrected chi connectivity index (χ1v) is 27.1. The van der Waals surface area contributed by atoms with Crippen LogP contribution in [0.1, 0.15) is 90.9 Å². The van der Waals surface area contributed by atoms with Crippen LogP contribution in [0.3, 0.4) is 0 Å². The van der Waals surface area contributed by atoms with Crippen LogP contribution in [0.4, 0.5) is 0 Å². The molecule has 42 heavy (non-hydrogen) atoms. The molecular weight excluding hydrogens is 742 g/mol. The van der Waals surface area contributed by atoms with E-state index in [1.807, 2.05) is 72.8 Å². The van der Waals surface area contributed by atoms with Gasteiger partial charge in [-0.25, -0.2) is 0 Å². The third-order valence-electron chi connectivity index (χ3n) is 7.81. The third kappa shape index (κ3) is 8.36. The van der Waals surface area contributed by atoms with Gasteiger partial charge in [0.15, 0.2) is 0 Å². The second-order valence-corrected chi connectivity index (χ2v) is 25.5. The quantitative estimate of drug-likeness (QED) is 0.0946. The summed E-state index contributed by atoms with van der Waals surface area (Å²) in [6.07, 6.45) is 14.4. The van der Waals surface area contributed by atoms with E-state index in [9.17, 15) is 0 Å². The Hall–Kier alpha value is -1.94. The van der Waals surface area contributed by atoms with E-state index >= 15 is 0 Å². The summed E-state index contributed by atoms with van der Waals surface area (Å²) in [5.74, 6) is 4.47. The predicted octanol–water partition coefficient (Wildman–Crippen LogP) is 9.99. The number of rotatable bonds is 18. The maximum atomic E-state index is 6.87. The molecule has 2 heterocycles. The van der Waals surface area contributed by atoms with Crippen molar-refractivity contribution in [3.63, 3.8) is 0 Å². The molecule has 0 aromatic heterocycles. The van der Waals surface area contributed by atoms with E-state index in [1.54, 1.807) is 0 Å². The molecule has 0 saturated heterocycles. The molecule has 0 radical (unpaired) electrons. The van der Waals surface area contributed by atoms with Crippen LogP contribution in [-0.4, -0.2) is 39.2 Å². The van der Waals surface area contributed by atoms with Crippen LogP contribution in [0.15, 0.2) is 72.8 Å². The van der Waals surface area contributed by atoms with Crippen LogP contribution >= 0.6 is 0 Å². The van der Waals surface area contributed by atoms with Crippen molar-refractivity contribution >= 4 is 39.2 Å². The summed E-state index contributed by atoms with van der Waals surface area (Å²) in [4.78, 5) is 0. The summed E-state index contributed by atoms with van der Waals surface area (Å²) >= 11 is -8.10. The Labute approximate surface area is 263 Å². The van der Waals surface area contributed by atoms with Gasteiger partial charge in [0.05, 0.1) is 0 Å². The Morgan fingerprint density at radius 2 is 0.738 bits per heavy atom. The first-order valence-electron chi connectivity index (χ1n) is 16.1. The molecule has 0 spiro atoms. The van der Waals surface area contributed by atoms with Gasteiger partial charge in [-0.3, -0.25) is 0 Å². The molecule has 2 aliphatic heterocycles. The summed E-state index contributed by atoms with van der Waals surface area (Å²) < 4.78 is 41.8. The van der Waals surface area contributed by atoms with E-state index in [4.69, 9.17) is 18.4 Å². The average molecular weight is 788 g/mol. The Morgan fingerprint density at radius 1 is 0.429 bits per heavy atom. The molecule has 226 valence electrons. The summed E-state index contributed by atoms with van der Waals surface area (Å²) in [6.45, 7) is 4.50. The zero-order valence-corrected chi connectivity index (χ0v) is 31.0. The second kappa shape index (κ2) is 15.7. The van der Waals surface area contributed by atoms with Crippen LogP contribution in [0.5, 0.6) is 34.5 Å². The number of fused-ring (bicyclic) bond motifs is 2. The van der Waals surface area contributed by atoms with Gasteiger partial charge in [0.2, 0.25) is 0 Å². The molecule has 0 fully saturated rings. The number of benzene rings is 3. The normalized spacial score (nSPS) is 15.5.